The fraction of sp³-hybridized carbons (Fsp3) is 0.333. The van der Waals surface area contributed by atoms with Gasteiger partial charge in [0, 0.05) is 18.4 Å². The molecule has 0 aliphatic heterocycles. The van der Waals surface area contributed by atoms with Crippen LogP contribution in [0.3, 0.4) is 0 Å². The molecule has 0 aliphatic carbocycles. The van der Waals surface area contributed by atoms with Crippen molar-refractivity contribution < 1.29 is 17.6 Å². The maximum absolute atomic E-state index is 12.9. The Bertz CT molecular complexity index is 397. The average molecular weight is 289 g/mol. The quantitative estimate of drug-likeness (QED) is 0.504. The molecule has 0 unspecified atom stereocenters. The van der Waals surface area contributed by atoms with Gasteiger partial charge in [-0.3, -0.25) is 0 Å². The summed E-state index contributed by atoms with van der Waals surface area (Å²) in [6, 6.07) is 2.26. The van der Waals surface area contributed by atoms with Gasteiger partial charge in [0.2, 0.25) is 0 Å². The highest BCUT2D eigenvalue weighted by atomic mass is 35.5. The van der Waals surface area contributed by atoms with Gasteiger partial charge in [-0.25, -0.2) is 4.39 Å². The minimum atomic E-state index is -4.26. The van der Waals surface area contributed by atoms with E-state index in [2.05, 4.69) is 5.32 Å². The molecule has 1 rings (SSSR count). The summed E-state index contributed by atoms with van der Waals surface area (Å²) in [7, 11) is 0. The van der Waals surface area contributed by atoms with Crippen molar-refractivity contribution >= 4 is 34.7 Å². The van der Waals surface area contributed by atoms with Crippen LogP contribution >= 0.6 is 23.4 Å². The van der Waals surface area contributed by atoms with Crippen LogP contribution in [0.15, 0.2) is 12.1 Å². The van der Waals surface area contributed by atoms with Crippen LogP contribution in [0.2, 0.25) is 5.02 Å². The predicted octanol–water partition coefficient (Wildman–Crippen LogP) is 3.73. The summed E-state index contributed by atoms with van der Waals surface area (Å²) < 4.78 is 48.4. The van der Waals surface area contributed by atoms with Crippen LogP contribution in [0, 0.1) is 5.82 Å². The molecule has 0 bridgehead atoms. The number of benzene rings is 1. The van der Waals surface area contributed by atoms with E-state index in [9.17, 15) is 17.6 Å². The predicted molar refractivity (Wildman–Crippen MR) is 62.8 cm³/mol. The van der Waals surface area contributed by atoms with E-state index in [0.29, 0.717) is 5.69 Å². The lowest BCUT2D eigenvalue weighted by atomic mass is 10.2. The summed E-state index contributed by atoms with van der Waals surface area (Å²) in [5.74, 6) is -0.836. The highest BCUT2D eigenvalue weighted by Crippen LogP contribution is 2.30. The fourth-order valence-electron chi connectivity index (χ4n) is 1.07. The van der Waals surface area contributed by atoms with Crippen LogP contribution in [0.1, 0.15) is 0 Å². The Labute approximate surface area is 105 Å². The number of anilines is 2. The van der Waals surface area contributed by atoms with Crippen molar-refractivity contribution in [3.05, 3.63) is 23.0 Å². The Morgan fingerprint density at radius 2 is 2.00 bits per heavy atom. The van der Waals surface area contributed by atoms with E-state index >= 15 is 0 Å². The standard InChI is InChI=1S/C9H9ClF4N2S/c10-5-3-8(7(15)4-6(5)11)16-1-2-17-9(12,13)14/h3-4,16H,1-2,15H2. The molecular formula is C9H9ClF4N2S. The number of rotatable bonds is 4. The molecule has 1 aromatic rings. The highest BCUT2D eigenvalue weighted by Gasteiger charge is 2.27. The molecule has 0 saturated carbocycles. The summed E-state index contributed by atoms with van der Waals surface area (Å²) >= 11 is 5.37. The molecule has 0 aromatic heterocycles. The van der Waals surface area contributed by atoms with Gasteiger partial charge in [0.1, 0.15) is 5.82 Å². The Morgan fingerprint density at radius 3 is 2.59 bits per heavy atom. The smallest absolute Gasteiger partial charge is 0.397 e. The van der Waals surface area contributed by atoms with Crippen LogP contribution in [0.5, 0.6) is 0 Å². The molecule has 3 N–H and O–H groups in total. The van der Waals surface area contributed by atoms with Crippen molar-refractivity contribution in [1.29, 1.82) is 0 Å². The van der Waals surface area contributed by atoms with Crippen molar-refractivity contribution in [2.24, 2.45) is 0 Å². The number of nitrogens with one attached hydrogen (secondary N) is 1. The third-order valence-corrected chi connectivity index (χ3v) is 2.80. The number of hydrogen-bond donors (Lipinski definition) is 2. The van der Waals surface area contributed by atoms with Gasteiger partial charge in [-0.05, 0) is 17.8 Å². The SMILES string of the molecule is Nc1cc(F)c(Cl)cc1NCCSC(F)(F)F. The highest BCUT2D eigenvalue weighted by molar-refractivity contribution is 8.00. The molecule has 8 heteroatoms. The summed E-state index contributed by atoms with van der Waals surface area (Å²) in [6.45, 7) is 0.0519. The van der Waals surface area contributed by atoms with Crippen LogP contribution < -0.4 is 11.1 Å². The Hall–Kier alpha value is -0.820. The first kappa shape index (κ1) is 14.2. The van der Waals surface area contributed by atoms with E-state index in [-0.39, 0.29) is 34.8 Å². The molecule has 0 radical (unpaired) electrons. The molecule has 0 spiro atoms. The van der Waals surface area contributed by atoms with Gasteiger partial charge in [0.05, 0.1) is 16.4 Å². The minimum absolute atomic E-state index is 0.0519. The molecule has 0 saturated heterocycles. The van der Waals surface area contributed by atoms with Crippen LogP contribution in [0.4, 0.5) is 28.9 Å². The van der Waals surface area contributed by atoms with Gasteiger partial charge in [0.25, 0.3) is 0 Å². The lowest BCUT2D eigenvalue weighted by Crippen LogP contribution is -2.10. The molecule has 0 amide bonds. The Morgan fingerprint density at radius 1 is 1.35 bits per heavy atom. The van der Waals surface area contributed by atoms with Gasteiger partial charge < -0.3 is 11.1 Å². The van der Waals surface area contributed by atoms with Gasteiger partial charge >= 0.3 is 5.51 Å². The van der Waals surface area contributed by atoms with Gasteiger partial charge in [-0.1, -0.05) is 11.6 Å². The van der Waals surface area contributed by atoms with Crippen molar-refractivity contribution in [2.75, 3.05) is 23.3 Å². The molecule has 0 aliphatic rings. The van der Waals surface area contributed by atoms with Gasteiger partial charge in [-0.15, -0.1) is 0 Å². The van der Waals surface area contributed by atoms with Crippen LogP contribution in [-0.4, -0.2) is 17.8 Å². The first-order valence-corrected chi connectivity index (χ1v) is 5.85. The van der Waals surface area contributed by atoms with Gasteiger partial charge in [0.15, 0.2) is 0 Å². The van der Waals surface area contributed by atoms with Crippen LogP contribution in [0.25, 0.3) is 0 Å². The molecule has 0 atom stereocenters. The van der Waals surface area contributed by atoms with E-state index in [1.807, 2.05) is 0 Å². The first-order valence-electron chi connectivity index (χ1n) is 4.48. The van der Waals surface area contributed by atoms with Crippen molar-refractivity contribution in [3.63, 3.8) is 0 Å². The molecule has 96 valence electrons. The zero-order valence-corrected chi connectivity index (χ0v) is 10.0. The second-order valence-electron chi connectivity index (χ2n) is 3.07. The van der Waals surface area contributed by atoms with E-state index in [4.69, 9.17) is 17.3 Å². The number of nitrogens with two attached hydrogens (primary N) is 1. The molecule has 17 heavy (non-hydrogen) atoms. The topological polar surface area (TPSA) is 38.0 Å². The van der Waals surface area contributed by atoms with Crippen molar-refractivity contribution in [1.82, 2.24) is 0 Å². The van der Waals surface area contributed by atoms with E-state index in [0.717, 1.165) is 6.07 Å². The Kier molecular flexibility index (Phi) is 4.76. The lowest BCUT2D eigenvalue weighted by Gasteiger charge is -2.10. The zero-order valence-electron chi connectivity index (χ0n) is 8.44. The maximum atomic E-state index is 12.9. The summed E-state index contributed by atoms with van der Waals surface area (Å²) in [5, 5.41) is 2.52. The van der Waals surface area contributed by atoms with E-state index in [1.54, 1.807) is 0 Å². The third-order valence-electron chi connectivity index (χ3n) is 1.78. The molecular weight excluding hydrogens is 280 g/mol. The van der Waals surface area contributed by atoms with E-state index < -0.39 is 11.3 Å². The normalized spacial score (nSPS) is 11.6. The summed E-state index contributed by atoms with van der Waals surface area (Å²) in [6.07, 6.45) is 0. The summed E-state index contributed by atoms with van der Waals surface area (Å²) in [4.78, 5) is 0. The van der Waals surface area contributed by atoms with E-state index in [1.165, 1.54) is 6.07 Å². The maximum Gasteiger partial charge on any atom is 0.441 e. The number of thioether (sulfide) groups is 1. The third kappa shape index (κ3) is 4.91. The number of hydrogen-bond acceptors (Lipinski definition) is 3. The monoisotopic (exact) mass is 288 g/mol. The Balaban J connectivity index is 2.50. The van der Waals surface area contributed by atoms with Crippen molar-refractivity contribution in [3.8, 4) is 0 Å². The molecule has 0 fully saturated rings. The summed E-state index contributed by atoms with van der Waals surface area (Å²) in [5.41, 5.74) is 1.63. The van der Waals surface area contributed by atoms with Crippen LogP contribution in [-0.2, 0) is 0 Å². The zero-order chi connectivity index (χ0) is 13.1. The molecule has 1 aromatic carbocycles. The number of nitrogen functional groups attached to an aromatic ring is 1. The minimum Gasteiger partial charge on any atom is -0.397 e. The number of halogens is 5. The largest absolute Gasteiger partial charge is 0.441 e. The van der Waals surface area contributed by atoms with Gasteiger partial charge in [-0.2, -0.15) is 13.2 Å². The molecule has 2 nitrogen and oxygen atoms in total. The molecule has 0 heterocycles. The second kappa shape index (κ2) is 5.68. The average Bonchev–Trinajstić information content (AvgIpc) is 2.18. The first-order chi connectivity index (χ1) is 7.79. The fourth-order valence-corrected chi connectivity index (χ4v) is 1.67. The number of alkyl halides is 3. The van der Waals surface area contributed by atoms with Crippen molar-refractivity contribution in [2.45, 2.75) is 5.51 Å². The lowest BCUT2D eigenvalue weighted by molar-refractivity contribution is -0.0327. The second-order valence-corrected chi connectivity index (χ2v) is 4.64.